The van der Waals surface area contributed by atoms with Gasteiger partial charge in [-0.05, 0) is 24.6 Å². The predicted octanol–water partition coefficient (Wildman–Crippen LogP) is 1.87. The van der Waals surface area contributed by atoms with E-state index in [4.69, 9.17) is 21.9 Å². The summed E-state index contributed by atoms with van der Waals surface area (Å²) in [6.45, 7) is 0. The fraction of sp³-hybridized carbons (Fsp3) is 0.333. The third-order valence-electron chi connectivity index (χ3n) is 3.29. The standard InChI is InChI=1S/C12H12ClN3O3S/c13-8-1-2-10(14)9(5-8)12-15-11(16-19-12)7-3-4-20(17,18)6-7/h1-2,5,7H,3-4,6,14H2. The van der Waals surface area contributed by atoms with Crippen molar-refractivity contribution in [2.45, 2.75) is 12.3 Å². The number of halogens is 1. The van der Waals surface area contributed by atoms with Crippen LogP contribution in [-0.4, -0.2) is 30.1 Å². The maximum absolute atomic E-state index is 11.5. The first-order chi connectivity index (χ1) is 9.44. The van der Waals surface area contributed by atoms with Gasteiger partial charge in [-0.15, -0.1) is 0 Å². The zero-order chi connectivity index (χ0) is 14.3. The molecule has 1 unspecified atom stereocenters. The molecule has 1 fully saturated rings. The molecule has 20 heavy (non-hydrogen) atoms. The molecular formula is C12H12ClN3O3S. The second-order valence-corrected chi connectivity index (χ2v) is 7.45. The lowest BCUT2D eigenvalue weighted by atomic mass is 10.1. The molecule has 106 valence electrons. The largest absolute Gasteiger partial charge is 0.398 e. The first-order valence-electron chi connectivity index (χ1n) is 6.04. The molecule has 1 aliphatic heterocycles. The summed E-state index contributed by atoms with van der Waals surface area (Å²) in [5.74, 6) is 0.681. The average Bonchev–Trinajstić information content (AvgIpc) is 2.98. The van der Waals surface area contributed by atoms with Crippen LogP contribution in [0.1, 0.15) is 18.2 Å². The summed E-state index contributed by atoms with van der Waals surface area (Å²) in [6, 6.07) is 4.96. The molecule has 0 spiro atoms. The smallest absolute Gasteiger partial charge is 0.260 e. The zero-order valence-electron chi connectivity index (χ0n) is 10.4. The zero-order valence-corrected chi connectivity index (χ0v) is 12.0. The van der Waals surface area contributed by atoms with E-state index in [9.17, 15) is 8.42 Å². The van der Waals surface area contributed by atoms with Gasteiger partial charge in [-0.25, -0.2) is 8.42 Å². The van der Waals surface area contributed by atoms with Crippen molar-refractivity contribution in [1.82, 2.24) is 10.1 Å². The lowest BCUT2D eigenvalue weighted by molar-refractivity contribution is 0.418. The predicted molar refractivity (Wildman–Crippen MR) is 75.2 cm³/mol. The minimum absolute atomic E-state index is 0.0665. The summed E-state index contributed by atoms with van der Waals surface area (Å²) >= 11 is 5.91. The van der Waals surface area contributed by atoms with Gasteiger partial charge in [0.1, 0.15) is 0 Å². The van der Waals surface area contributed by atoms with Crippen molar-refractivity contribution in [2.75, 3.05) is 17.2 Å². The minimum atomic E-state index is -2.98. The Kier molecular flexibility index (Phi) is 3.18. The Balaban J connectivity index is 1.93. The lowest BCUT2D eigenvalue weighted by Gasteiger charge is -2.01. The van der Waals surface area contributed by atoms with Crippen molar-refractivity contribution in [3.8, 4) is 11.5 Å². The molecule has 3 rings (SSSR count). The fourth-order valence-electron chi connectivity index (χ4n) is 2.22. The third kappa shape index (κ3) is 2.51. The Bertz CT molecular complexity index is 757. The number of hydrogen-bond donors (Lipinski definition) is 1. The quantitative estimate of drug-likeness (QED) is 0.850. The van der Waals surface area contributed by atoms with Crippen LogP contribution in [0.2, 0.25) is 5.02 Å². The number of rotatable bonds is 2. The van der Waals surface area contributed by atoms with Crippen LogP contribution in [0.3, 0.4) is 0 Å². The van der Waals surface area contributed by atoms with Gasteiger partial charge in [0, 0.05) is 16.6 Å². The molecule has 8 heteroatoms. The monoisotopic (exact) mass is 313 g/mol. The van der Waals surface area contributed by atoms with E-state index in [1.165, 1.54) is 0 Å². The molecule has 1 aliphatic rings. The normalized spacial score (nSPS) is 21.1. The molecule has 0 aliphatic carbocycles. The molecule has 2 aromatic rings. The number of benzene rings is 1. The van der Waals surface area contributed by atoms with Crippen LogP contribution < -0.4 is 5.73 Å². The van der Waals surface area contributed by atoms with Crippen LogP contribution >= 0.6 is 11.6 Å². The number of aromatic nitrogens is 2. The molecule has 0 radical (unpaired) electrons. The van der Waals surface area contributed by atoms with E-state index in [0.29, 0.717) is 28.5 Å². The van der Waals surface area contributed by atoms with Crippen LogP contribution in [0.25, 0.3) is 11.5 Å². The van der Waals surface area contributed by atoms with Crippen molar-refractivity contribution < 1.29 is 12.9 Å². The van der Waals surface area contributed by atoms with Gasteiger partial charge < -0.3 is 10.3 Å². The van der Waals surface area contributed by atoms with Crippen molar-refractivity contribution in [3.63, 3.8) is 0 Å². The van der Waals surface area contributed by atoms with Gasteiger partial charge in [0.25, 0.3) is 5.89 Å². The second kappa shape index (κ2) is 4.75. The number of nitrogens with zero attached hydrogens (tertiary/aromatic N) is 2. The Morgan fingerprint density at radius 1 is 1.40 bits per heavy atom. The molecule has 6 nitrogen and oxygen atoms in total. The first kappa shape index (κ1) is 13.4. The van der Waals surface area contributed by atoms with E-state index in [0.717, 1.165) is 0 Å². The summed E-state index contributed by atoms with van der Waals surface area (Å²) in [7, 11) is -2.98. The fourth-order valence-corrected chi connectivity index (χ4v) is 4.13. The van der Waals surface area contributed by atoms with Gasteiger partial charge in [0.2, 0.25) is 0 Å². The first-order valence-corrected chi connectivity index (χ1v) is 8.24. The molecular weight excluding hydrogens is 302 g/mol. The molecule has 0 amide bonds. The molecule has 1 saturated heterocycles. The number of nitrogens with two attached hydrogens (primary N) is 1. The van der Waals surface area contributed by atoms with Crippen molar-refractivity contribution in [3.05, 3.63) is 29.0 Å². The molecule has 1 aromatic heterocycles. The summed E-state index contributed by atoms with van der Waals surface area (Å²) in [6.07, 6.45) is 0.520. The average molecular weight is 314 g/mol. The second-order valence-electron chi connectivity index (χ2n) is 4.79. The Morgan fingerprint density at radius 2 is 2.20 bits per heavy atom. The molecule has 2 heterocycles. The highest BCUT2D eigenvalue weighted by Gasteiger charge is 2.32. The van der Waals surface area contributed by atoms with Crippen molar-refractivity contribution in [2.24, 2.45) is 0 Å². The number of hydrogen-bond acceptors (Lipinski definition) is 6. The highest BCUT2D eigenvalue weighted by molar-refractivity contribution is 7.91. The van der Waals surface area contributed by atoms with Gasteiger partial charge in [-0.2, -0.15) is 4.98 Å². The summed E-state index contributed by atoms with van der Waals surface area (Å²) < 4.78 is 28.1. The van der Waals surface area contributed by atoms with E-state index < -0.39 is 9.84 Å². The summed E-state index contributed by atoms with van der Waals surface area (Å²) in [5.41, 5.74) is 6.87. The third-order valence-corrected chi connectivity index (χ3v) is 5.29. The summed E-state index contributed by atoms with van der Waals surface area (Å²) in [5, 5.41) is 4.37. The highest BCUT2D eigenvalue weighted by atomic mass is 35.5. The Hall–Kier alpha value is -1.60. The van der Waals surface area contributed by atoms with Crippen LogP contribution in [-0.2, 0) is 9.84 Å². The van der Waals surface area contributed by atoms with Crippen molar-refractivity contribution >= 4 is 27.1 Å². The Morgan fingerprint density at radius 3 is 2.90 bits per heavy atom. The molecule has 1 aromatic carbocycles. The molecule has 2 N–H and O–H groups in total. The Labute approximate surface area is 120 Å². The van der Waals surface area contributed by atoms with Gasteiger partial charge in [-0.1, -0.05) is 16.8 Å². The van der Waals surface area contributed by atoms with Crippen LogP contribution in [0.4, 0.5) is 5.69 Å². The van der Waals surface area contributed by atoms with E-state index in [1.807, 2.05) is 0 Å². The van der Waals surface area contributed by atoms with Crippen LogP contribution in [0.15, 0.2) is 22.7 Å². The highest BCUT2D eigenvalue weighted by Crippen LogP contribution is 2.31. The number of anilines is 1. The van der Waals surface area contributed by atoms with Gasteiger partial charge in [-0.3, -0.25) is 0 Å². The van der Waals surface area contributed by atoms with E-state index in [2.05, 4.69) is 10.1 Å². The van der Waals surface area contributed by atoms with E-state index in [-0.39, 0.29) is 23.3 Å². The number of sulfone groups is 1. The SMILES string of the molecule is Nc1ccc(Cl)cc1-c1nc(C2CCS(=O)(=O)C2)no1. The maximum Gasteiger partial charge on any atom is 0.260 e. The molecule has 0 bridgehead atoms. The van der Waals surface area contributed by atoms with Crippen LogP contribution in [0, 0.1) is 0 Å². The van der Waals surface area contributed by atoms with Crippen molar-refractivity contribution in [1.29, 1.82) is 0 Å². The van der Waals surface area contributed by atoms with Crippen LogP contribution in [0.5, 0.6) is 0 Å². The van der Waals surface area contributed by atoms with Gasteiger partial charge in [0.05, 0.1) is 17.1 Å². The minimum Gasteiger partial charge on any atom is -0.398 e. The lowest BCUT2D eigenvalue weighted by Crippen LogP contribution is -2.05. The molecule has 0 saturated carbocycles. The van der Waals surface area contributed by atoms with Gasteiger partial charge >= 0.3 is 0 Å². The van der Waals surface area contributed by atoms with E-state index in [1.54, 1.807) is 18.2 Å². The van der Waals surface area contributed by atoms with E-state index >= 15 is 0 Å². The van der Waals surface area contributed by atoms with Gasteiger partial charge in [0.15, 0.2) is 15.7 Å². The maximum atomic E-state index is 11.5. The molecule has 1 atom stereocenters. The number of nitrogen functional groups attached to an aromatic ring is 1. The summed E-state index contributed by atoms with van der Waals surface area (Å²) in [4.78, 5) is 4.25. The topological polar surface area (TPSA) is 99.1 Å².